The van der Waals surface area contributed by atoms with Crippen LogP contribution in [0, 0.1) is 17.8 Å². The first-order chi connectivity index (χ1) is 11.5. The summed E-state index contributed by atoms with van der Waals surface area (Å²) in [6, 6.07) is -1.10. The summed E-state index contributed by atoms with van der Waals surface area (Å²) in [6.45, 7) is 3.05. The Morgan fingerprint density at radius 1 is 1.16 bits per heavy atom. The molecule has 3 atom stereocenters. The second kappa shape index (κ2) is 9.05. The average Bonchev–Trinajstić information content (AvgIpc) is 2.50. The molecule has 0 aromatic heterocycles. The second-order valence-electron chi connectivity index (χ2n) is 6.84. The third-order valence-corrected chi connectivity index (χ3v) is 4.29. The molecule has 1 fully saturated rings. The first-order valence-corrected chi connectivity index (χ1v) is 8.39. The van der Waals surface area contributed by atoms with Crippen molar-refractivity contribution in [2.24, 2.45) is 17.8 Å². The lowest BCUT2D eigenvalue weighted by Gasteiger charge is -2.31. The van der Waals surface area contributed by atoms with Crippen molar-refractivity contribution in [2.75, 3.05) is 6.54 Å². The number of carbonyl (C=O) groups excluding carboxylic acids is 2. The first kappa shape index (κ1) is 21.2. The van der Waals surface area contributed by atoms with Gasteiger partial charge in [-0.1, -0.05) is 26.7 Å². The van der Waals surface area contributed by atoms with Crippen molar-refractivity contribution >= 4 is 17.8 Å². The van der Waals surface area contributed by atoms with Crippen LogP contribution in [0.15, 0.2) is 0 Å². The van der Waals surface area contributed by atoms with Gasteiger partial charge in [-0.3, -0.25) is 9.59 Å². The monoisotopic (exact) mass is 366 g/mol. The highest BCUT2D eigenvalue weighted by Gasteiger charge is 2.48. The van der Waals surface area contributed by atoms with Crippen LogP contribution in [-0.2, 0) is 14.4 Å². The fourth-order valence-corrected chi connectivity index (χ4v) is 3.07. The van der Waals surface area contributed by atoms with Crippen molar-refractivity contribution in [3.05, 3.63) is 0 Å². The number of rotatable bonds is 7. The summed E-state index contributed by atoms with van der Waals surface area (Å²) >= 11 is 0. The van der Waals surface area contributed by atoms with Crippen LogP contribution in [0.4, 0.5) is 13.2 Å². The van der Waals surface area contributed by atoms with Crippen LogP contribution in [0.1, 0.15) is 46.0 Å². The topological polar surface area (TPSA) is 95.5 Å². The van der Waals surface area contributed by atoms with Crippen molar-refractivity contribution in [1.29, 1.82) is 0 Å². The van der Waals surface area contributed by atoms with E-state index in [9.17, 15) is 27.6 Å². The Bertz CT molecular complexity index is 494. The van der Waals surface area contributed by atoms with Crippen molar-refractivity contribution in [3.8, 4) is 0 Å². The summed E-state index contributed by atoms with van der Waals surface area (Å²) in [7, 11) is 0. The summed E-state index contributed by atoms with van der Waals surface area (Å²) < 4.78 is 39.0. The molecule has 144 valence electrons. The fourth-order valence-electron chi connectivity index (χ4n) is 3.07. The van der Waals surface area contributed by atoms with E-state index >= 15 is 0 Å². The molecule has 0 aliphatic heterocycles. The first-order valence-electron chi connectivity index (χ1n) is 8.39. The standard InChI is InChI=1S/C16H25F3N2O4/c1-9(2)7-12(15(24)25)21-13(22)8-20-14(23)10-5-3-4-6-11(10)16(17,18)19/h9-12H,3-8H2,1-2H3,(H,20,23)(H,21,22)(H,24,25)/t10?,11?,12-/m0/s1. The number of halogens is 3. The van der Waals surface area contributed by atoms with E-state index in [4.69, 9.17) is 5.11 Å². The lowest BCUT2D eigenvalue weighted by molar-refractivity contribution is -0.198. The van der Waals surface area contributed by atoms with Crippen LogP contribution in [0.3, 0.4) is 0 Å². The van der Waals surface area contributed by atoms with E-state index in [-0.39, 0.29) is 25.2 Å². The highest BCUT2D eigenvalue weighted by molar-refractivity contribution is 5.88. The number of aliphatic carboxylic acids is 1. The molecule has 3 N–H and O–H groups in total. The minimum Gasteiger partial charge on any atom is -0.480 e. The summed E-state index contributed by atoms with van der Waals surface area (Å²) in [5.74, 6) is -5.61. The molecule has 0 bridgehead atoms. The van der Waals surface area contributed by atoms with E-state index in [1.165, 1.54) is 0 Å². The van der Waals surface area contributed by atoms with E-state index < -0.39 is 48.4 Å². The van der Waals surface area contributed by atoms with Crippen LogP contribution in [0.2, 0.25) is 0 Å². The van der Waals surface area contributed by atoms with Gasteiger partial charge in [-0.05, 0) is 25.2 Å². The summed E-state index contributed by atoms with van der Waals surface area (Å²) in [5.41, 5.74) is 0. The Balaban J connectivity index is 2.56. The lowest BCUT2D eigenvalue weighted by Crippen LogP contribution is -2.48. The molecule has 25 heavy (non-hydrogen) atoms. The molecule has 0 heterocycles. The smallest absolute Gasteiger partial charge is 0.392 e. The quantitative estimate of drug-likeness (QED) is 0.643. The zero-order valence-electron chi connectivity index (χ0n) is 14.4. The minimum absolute atomic E-state index is 0.0331. The summed E-state index contributed by atoms with van der Waals surface area (Å²) in [4.78, 5) is 34.9. The molecule has 0 aromatic rings. The lowest BCUT2D eigenvalue weighted by atomic mass is 9.78. The summed E-state index contributed by atoms with van der Waals surface area (Å²) in [5, 5.41) is 13.5. The zero-order chi connectivity index (χ0) is 19.2. The van der Waals surface area contributed by atoms with Gasteiger partial charge in [0, 0.05) is 5.92 Å². The number of alkyl halides is 3. The van der Waals surface area contributed by atoms with Crippen molar-refractivity contribution in [2.45, 2.75) is 58.2 Å². The Morgan fingerprint density at radius 2 is 1.76 bits per heavy atom. The van der Waals surface area contributed by atoms with Crippen LogP contribution < -0.4 is 10.6 Å². The van der Waals surface area contributed by atoms with Gasteiger partial charge >= 0.3 is 12.1 Å². The maximum absolute atomic E-state index is 13.0. The third kappa shape index (κ3) is 6.91. The number of hydrogen-bond donors (Lipinski definition) is 3. The number of carboxylic acid groups (broad SMARTS) is 1. The van der Waals surface area contributed by atoms with Gasteiger partial charge in [-0.2, -0.15) is 13.2 Å². The number of carbonyl (C=O) groups is 3. The van der Waals surface area contributed by atoms with Crippen molar-refractivity contribution < 1.29 is 32.7 Å². The molecule has 0 aromatic carbocycles. The van der Waals surface area contributed by atoms with E-state index in [1.54, 1.807) is 13.8 Å². The molecular formula is C16H25F3N2O4. The Kier molecular flexibility index (Phi) is 7.69. The van der Waals surface area contributed by atoms with E-state index in [0.717, 1.165) is 0 Å². The molecule has 2 unspecified atom stereocenters. The normalized spacial score (nSPS) is 22.3. The predicted molar refractivity (Wildman–Crippen MR) is 83.5 cm³/mol. The molecule has 0 spiro atoms. The highest BCUT2D eigenvalue weighted by Crippen LogP contribution is 2.41. The van der Waals surface area contributed by atoms with Crippen LogP contribution >= 0.6 is 0 Å². The maximum Gasteiger partial charge on any atom is 0.392 e. The molecule has 6 nitrogen and oxygen atoms in total. The number of nitrogens with one attached hydrogen (secondary N) is 2. The SMILES string of the molecule is CC(C)C[C@H](NC(=O)CNC(=O)C1CCCCC1C(F)(F)F)C(=O)O. The molecule has 1 aliphatic rings. The van der Waals surface area contributed by atoms with Crippen LogP contribution in [0.25, 0.3) is 0 Å². The average molecular weight is 366 g/mol. The van der Waals surface area contributed by atoms with E-state index in [2.05, 4.69) is 10.6 Å². The molecule has 1 saturated carbocycles. The Labute approximate surface area is 144 Å². The fraction of sp³-hybridized carbons (Fsp3) is 0.812. The van der Waals surface area contributed by atoms with Crippen LogP contribution in [0.5, 0.6) is 0 Å². The van der Waals surface area contributed by atoms with Gasteiger partial charge in [0.2, 0.25) is 11.8 Å². The molecule has 0 saturated heterocycles. The largest absolute Gasteiger partial charge is 0.480 e. The van der Waals surface area contributed by atoms with Gasteiger partial charge in [0.05, 0.1) is 12.5 Å². The van der Waals surface area contributed by atoms with Crippen molar-refractivity contribution in [1.82, 2.24) is 10.6 Å². The molecule has 2 amide bonds. The number of carboxylic acids is 1. The Hall–Kier alpha value is -1.80. The van der Waals surface area contributed by atoms with E-state index in [1.807, 2.05) is 0 Å². The Morgan fingerprint density at radius 3 is 2.28 bits per heavy atom. The molecule has 0 radical (unpaired) electrons. The molecule has 9 heteroatoms. The zero-order valence-corrected chi connectivity index (χ0v) is 14.4. The van der Waals surface area contributed by atoms with E-state index in [0.29, 0.717) is 12.8 Å². The maximum atomic E-state index is 13.0. The number of amides is 2. The molecule has 1 rings (SSSR count). The highest BCUT2D eigenvalue weighted by atomic mass is 19.4. The number of hydrogen-bond acceptors (Lipinski definition) is 3. The third-order valence-electron chi connectivity index (χ3n) is 4.29. The van der Waals surface area contributed by atoms with Gasteiger partial charge in [-0.15, -0.1) is 0 Å². The second-order valence-corrected chi connectivity index (χ2v) is 6.84. The molecule has 1 aliphatic carbocycles. The minimum atomic E-state index is -4.45. The van der Waals surface area contributed by atoms with Gasteiger partial charge in [0.1, 0.15) is 6.04 Å². The summed E-state index contributed by atoms with van der Waals surface area (Å²) in [6.07, 6.45) is -3.24. The van der Waals surface area contributed by atoms with Gasteiger partial charge in [0.25, 0.3) is 0 Å². The van der Waals surface area contributed by atoms with Gasteiger partial charge in [0.15, 0.2) is 0 Å². The van der Waals surface area contributed by atoms with Crippen LogP contribution in [-0.4, -0.2) is 41.7 Å². The molecular weight excluding hydrogens is 341 g/mol. The predicted octanol–water partition coefficient (Wildman–Crippen LogP) is 2.09. The van der Waals surface area contributed by atoms with Gasteiger partial charge < -0.3 is 15.7 Å². The van der Waals surface area contributed by atoms with Gasteiger partial charge in [-0.25, -0.2) is 4.79 Å². The van der Waals surface area contributed by atoms with Crippen molar-refractivity contribution in [3.63, 3.8) is 0 Å².